The second-order valence-electron chi connectivity index (χ2n) is 4.72. The van der Waals surface area contributed by atoms with Gasteiger partial charge in [0.2, 0.25) is 5.91 Å². The van der Waals surface area contributed by atoms with E-state index in [1.165, 1.54) is 12.8 Å². The molecule has 74 valence electrons. The van der Waals surface area contributed by atoms with Crippen LogP contribution in [0.1, 0.15) is 26.2 Å². The van der Waals surface area contributed by atoms with Crippen LogP contribution in [0.3, 0.4) is 0 Å². The highest BCUT2D eigenvalue weighted by molar-refractivity contribution is 5.79. The fraction of sp³-hybridized carbons (Fsp3) is 0.900. The molecule has 2 aliphatic rings. The molecule has 3 nitrogen and oxygen atoms in total. The lowest BCUT2D eigenvalue weighted by Gasteiger charge is -2.13. The first kappa shape index (κ1) is 9.00. The minimum absolute atomic E-state index is 0.224. The molecular weight excluding hydrogens is 164 g/mol. The van der Waals surface area contributed by atoms with Crippen LogP contribution in [0.5, 0.6) is 0 Å². The molecular formula is C10H18N2O. The van der Waals surface area contributed by atoms with E-state index in [9.17, 15) is 4.79 Å². The number of hydrogen-bond acceptors (Lipinski definition) is 2. The Morgan fingerprint density at radius 2 is 2.38 bits per heavy atom. The second-order valence-corrected chi connectivity index (χ2v) is 4.72. The van der Waals surface area contributed by atoms with Crippen LogP contribution < -0.4 is 10.6 Å². The maximum atomic E-state index is 11.6. The van der Waals surface area contributed by atoms with Crippen LogP contribution in [0.25, 0.3) is 0 Å². The van der Waals surface area contributed by atoms with Gasteiger partial charge in [-0.1, -0.05) is 6.92 Å². The van der Waals surface area contributed by atoms with Crippen LogP contribution in [-0.2, 0) is 4.79 Å². The minimum atomic E-state index is 0.224. The molecule has 2 fully saturated rings. The van der Waals surface area contributed by atoms with Gasteiger partial charge in [0.05, 0.1) is 5.92 Å². The summed E-state index contributed by atoms with van der Waals surface area (Å²) in [6.07, 6.45) is 3.55. The van der Waals surface area contributed by atoms with Gasteiger partial charge < -0.3 is 10.6 Å². The fourth-order valence-corrected chi connectivity index (χ4v) is 1.71. The van der Waals surface area contributed by atoms with Crippen molar-refractivity contribution in [1.29, 1.82) is 0 Å². The number of hydrogen-bond donors (Lipinski definition) is 2. The van der Waals surface area contributed by atoms with Gasteiger partial charge in [0, 0.05) is 13.1 Å². The van der Waals surface area contributed by atoms with Crippen molar-refractivity contribution in [1.82, 2.24) is 10.6 Å². The molecule has 3 heteroatoms. The molecule has 0 aromatic carbocycles. The van der Waals surface area contributed by atoms with Gasteiger partial charge in [0.15, 0.2) is 0 Å². The molecule has 1 aliphatic carbocycles. The molecule has 0 aromatic rings. The molecule has 1 atom stereocenters. The first-order chi connectivity index (χ1) is 6.20. The molecule has 1 amide bonds. The van der Waals surface area contributed by atoms with E-state index in [0.717, 1.165) is 26.1 Å². The lowest BCUT2D eigenvalue weighted by Crippen LogP contribution is -2.35. The molecule has 0 aromatic heterocycles. The third-order valence-corrected chi connectivity index (χ3v) is 3.22. The maximum absolute atomic E-state index is 11.6. The van der Waals surface area contributed by atoms with Crippen molar-refractivity contribution in [2.75, 3.05) is 19.6 Å². The summed E-state index contributed by atoms with van der Waals surface area (Å²) in [5.74, 6) is 0.473. The number of rotatable bonds is 3. The SMILES string of the molecule is CC1(CNC(=O)[C@H]2CCNC2)CC1. The monoisotopic (exact) mass is 182 g/mol. The zero-order chi connectivity index (χ0) is 9.31. The van der Waals surface area contributed by atoms with Gasteiger partial charge in [0.1, 0.15) is 0 Å². The lowest BCUT2D eigenvalue weighted by atomic mass is 10.1. The van der Waals surface area contributed by atoms with Gasteiger partial charge in [-0.15, -0.1) is 0 Å². The second kappa shape index (κ2) is 3.29. The van der Waals surface area contributed by atoms with Crippen LogP contribution >= 0.6 is 0 Å². The van der Waals surface area contributed by atoms with Crippen molar-refractivity contribution in [3.63, 3.8) is 0 Å². The van der Waals surface area contributed by atoms with Crippen molar-refractivity contribution in [2.24, 2.45) is 11.3 Å². The highest BCUT2D eigenvalue weighted by Gasteiger charge is 2.37. The van der Waals surface area contributed by atoms with Crippen LogP contribution in [0, 0.1) is 11.3 Å². The Morgan fingerprint density at radius 3 is 2.92 bits per heavy atom. The number of amides is 1. The number of carbonyl (C=O) groups is 1. The van der Waals surface area contributed by atoms with Gasteiger partial charge in [0.25, 0.3) is 0 Å². The largest absolute Gasteiger partial charge is 0.355 e. The summed E-state index contributed by atoms with van der Waals surface area (Å²) in [6, 6.07) is 0. The number of nitrogens with one attached hydrogen (secondary N) is 2. The third-order valence-electron chi connectivity index (χ3n) is 3.22. The summed E-state index contributed by atoms with van der Waals surface area (Å²) >= 11 is 0. The Balaban J connectivity index is 1.71. The lowest BCUT2D eigenvalue weighted by molar-refractivity contribution is -0.124. The molecule has 0 bridgehead atoms. The maximum Gasteiger partial charge on any atom is 0.224 e. The normalized spacial score (nSPS) is 30.1. The summed E-state index contributed by atoms with van der Waals surface area (Å²) in [4.78, 5) is 11.6. The van der Waals surface area contributed by atoms with E-state index in [0.29, 0.717) is 5.41 Å². The van der Waals surface area contributed by atoms with Gasteiger partial charge in [-0.25, -0.2) is 0 Å². The highest BCUT2D eigenvalue weighted by Crippen LogP contribution is 2.44. The Labute approximate surface area is 79.3 Å². The predicted molar refractivity (Wildman–Crippen MR) is 51.3 cm³/mol. The van der Waals surface area contributed by atoms with E-state index in [-0.39, 0.29) is 11.8 Å². The van der Waals surface area contributed by atoms with Crippen LogP contribution in [0.4, 0.5) is 0 Å². The summed E-state index contributed by atoms with van der Waals surface area (Å²) in [5.41, 5.74) is 0.432. The van der Waals surface area contributed by atoms with E-state index in [1.54, 1.807) is 0 Å². The summed E-state index contributed by atoms with van der Waals surface area (Å²) in [7, 11) is 0. The Morgan fingerprint density at radius 1 is 1.62 bits per heavy atom. The third kappa shape index (κ3) is 2.21. The van der Waals surface area contributed by atoms with E-state index < -0.39 is 0 Å². The molecule has 1 aliphatic heterocycles. The average molecular weight is 182 g/mol. The van der Waals surface area contributed by atoms with E-state index in [2.05, 4.69) is 17.6 Å². The smallest absolute Gasteiger partial charge is 0.224 e. The van der Waals surface area contributed by atoms with Crippen molar-refractivity contribution < 1.29 is 4.79 Å². The highest BCUT2D eigenvalue weighted by atomic mass is 16.1. The van der Waals surface area contributed by atoms with Gasteiger partial charge in [-0.05, 0) is 31.2 Å². The summed E-state index contributed by atoms with van der Waals surface area (Å²) < 4.78 is 0. The fourth-order valence-electron chi connectivity index (χ4n) is 1.71. The topological polar surface area (TPSA) is 41.1 Å². The molecule has 0 radical (unpaired) electrons. The van der Waals surface area contributed by atoms with Crippen LogP contribution in [0.15, 0.2) is 0 Å². The minimum Gasteiger partial charge on any atom is -0.355 e. The van der Waals surface area contributed by atoms with Crippen molar-refractivity contribution >= 4 is 5.91 Å². The first-order valence-electron chi connectivity index (χ1n) is 5.18. The van der Waals surface area contributed by atoms with Gasteiger partial charge in [-0.2, -0.15) is 0 Å². The Bertz CT molecular complexity index is 205. The van der Waals surface area contributed by atoms with Crippen molar-refractivity contribution in [2.45, 2.75) is 26.2 Å². The zero-order valence-electron chi connectivity index (χ0n) is 8.23. The van der Waals surface area contributed by atoms with Crippen molar-refractivity contribution in [3.05, 3.63) is 0 Å². The van der Waals surface area contributed by atoms with E-state index in [1.807, 2.05) is 0 Å². The first-order valence-corrected chi connectivity index (χ1v) is 5.18. The Kier molecular flexibility index (Phi) is 2.28. The summed E-state index contributed by atoms with van der Waals surface area (Å²) in [6.45, 7) is 4.97. The predicted octanol–water partition coefficient (Wildman–Crippen LogP) is 0.512. The van der Waals surface area contributed by atoms with Crippen LogP contribution in [0.2, 0.25) is 0 Å². The quantitative estimate of drug-likeness (QED) is 0.668. The molecule has 0 unspecified atom stereocenters. The van der Waals surface area contributed by atoms with Crippen molar-refractivity contribution in [3.8, 4) is 0 Å². The molecule has 0 spiro atoms. The Hall–Kier alpha value is -0.570. The average Bonchev–Trinajstić information content (AvgIpc) is 2.69. The van der Waals surface area contributed by atoms with Gasteiger partial charge >= 0.3 is 0 Å². The van der Waals surface area contributed by atoms with E-state index >= 15 is 0 Å². The molecule has 1 saturated heterocycles. The molecule has 2 rings (SSSR count). The van der Waals surface area contributed by atoms with Crippen LogP contribution in [-0.4, -0.2) is 25.5 Å². The molecule has 13 heavy (non-hydrogen) atoms. The molecule has 1 heterocycles. The standard InChI is InChI=1S/C10H18N2O/c1-10(3-4-10)7-12-9(13)8-2-5-11-6-8/h8,11H,2-7H2,1H3,(H,12,13)/t8-/m0/s1. The van der Waals surface area contributed by atoms with E-state index in [4.69, 9.17) is 0 Å². The van der Waals surface area contributed by atoms with Gasteiger partial charge in [-0.3, -0.25) is 4.79 Å². The molecule has 2 N–H and O–H groups in total. The number of carbonyl (C=O) groups excluding carboxylic acids is 1. The zero-order valence-corrected chi connectivity index (χ0v) is 8.23. The molecule has 1 saturated carbocycles. The summed E-state index contributed by atoms with van der Waals surface area (Å²) in [5, 5.41) is 6.25.